The highest BCUT2D eigenvalue weighted by atomic mass is 28.5. The molecule has 0 aliphatic heterocycles. The Bertz CT molecular complexity index is 322. The molecule has 2 N–H and O–H groups in total. The minimum atomic E-state index is -4.07. The molecule has 0 aromatic heterocycles. The smallest absolute Gasteiger partial charge is 0.390 e. The zero-order valence-electron chi connectivity index (χ0n) is 15.0. The quantitative estimate of drug-likeness (QED) is 0.749. The molecule has 0 aliphatic carbocycles. The van der Waals surface area contributed by atoms with Crippen molar-refractivity contribution in [2.45, 2.75) is 85.7 Å². The molecule has 0 aliphatic rings. The lowest BCUT2D eigenvalue weighted by Gasteiger charge is -2.39. The standard InChI is InChI=1S/C13H32O6Si2/c1-11(2,3)16-20(10,14)19-21(15,17-12(4,5)6)18-13(7,8)9/h14-15H,1-10H3. The molecule has 21 heavy (non-hydrogen) atoms. The van der Waals surface area contributed by atoms with Gasteiger partial charge in [-0.25, -0.2) is 0 Å². The fourth-order valence-corrected chi connectivity index (χ4v) is 6.80. The van der Waals surface area contributed by atoms with Gasteiger partial charge in [0.25, 0.3) is 0 Å². The molecule has 6 nitrogen and oxygen atoms in total. The number of rotatable bonds is 5. The predicted octanol–water partition coefficient (Wildman–Crippen LogP) is 2.44. The largest absolute Gasteiger partial charge is 0.670 e. The van der Waals surface area contributed by atoms with Crippen LogP contribution in [0.4, 0.5) is 0 Å². The maximum atomic E-state index is 10.7. The molecule has 0 fully saturated rings. The third-order valence-electron chi connectivity index (χ3n) is 1.68. The molecule has 0 saturated heterocycles. The van der Waals surface area contributed by atoms with Crippen LogP contribution in [-0.4, -0.2) is 44.2 Å². The second-order valence-electron chi connectivity index (χ2n) is 8.17. The van der Waals surface area contributed by atoms with Crippen molar-refractivity contribution in [2.24, 2.45) is 0 Å². The molecule has 128 valence electrons. The van der Waals surface area contributed by atoms with E-state index in [4.69, 9.17) is 17.4 Å². The van der Waals surface area contributed by atoms with E-state index in [1.807, 2.05) is 0 Å². The van der Waals surface area contributed by atoms with Crippen LogP contribution in [0.3, 0.4) is 0 Å². The lowest BCUT2D eigenvalue weighted by Crippen LogP contribution is -2.62. The average molecular weight is 341 g/mol. The van der Waals surface area contributed by atoms with Gasteiger partial charge in [0, 0.05) is 6.55 Å². The fraction of sp³-hybridized carbons (Fsp3) is 1.00. The van der Waals surface area contributed by atoms with Crippen molar-refractivity contribution in [3.63, 3.8) is 0 Å². The normalized spacial score (nSPS) is 17.7. The SMILES string of the molecule is CC(C)(C)O[Si](C)(O)O[Si](O)(OC(C)(C)C)OC(C)(C)C. The van der Waals surface area contributed by atoms with Crippen LogP contribution in [0, 0.1) is 0 Å². The Hall–Kier alpha value is 0.194. The van der Waals surface area contributed by atoms with Crippen molar-refractivity contribution >= 4 is 17.9 Å². The second kappa shape index (κ2) is 6.36. The summed E-state index contributed by atoms with van der Waals surface area (Å²) in [6.07, 6.45) is 0. The molecule has 1 unspecified atom stereocenters. The zero-order valence-corrected chi connectivity index (χ0v) is 17.0. The summed E-state index contributed by atoms with van der Waals surface area (Å²) >= 11 is 0. The highest BCUT2D eigenvalue weighted by Crippen LogP contribution is 2.26. The average Bonchev–Trinajstić information content (AvgIpc) is 1.83. The van der Waals surface area contributed by atoms with Gasteiger partial charge in [-0.1, -0.05) is 0 Å². The molecule has 0 saturated carbocycles. The topological polar surface area (TPSA) is 77.4 Å². The molecule has 0 aromatic rings. The van der Waals surface area contributed by atoms with Crippen molar-refractivity contribution < 1.29 is 27.0 Å². The monoisotopic (exact) mass is 340 g/mol. The minimum absolute atomic E-state index is 0.603. The van der Waals surface area contributed by atoms with E-state index >= 15 is 0 Å². The molecule has 0 bridgehead atoms. The van der Waals surface area contributed by atoms with E-state index in [0.717, 1.165) is 0 Å². The highest BCUT2D eigenvalue weighted by molar-refractivity contribution is 6.70. The Morgan fingerprint density at radius 1 is 0.619 bits per heavy atom. The lowest BCUT2D eigenvalue weighted by molar-refractivity contribution is -0.0856. The number of hydrogen-bond acceptors (Lipinski definition) is 6. The van der Waals surface area contributed by atoms with E-state index in [0.29, 0.717) is 0 Å². The molecule has 1 atom stereocenters. The van der Waals surface area contributed by atoms with Gasteiger partial charge >= 0.3 is 17.9 Å². The Morgan fingerprint density at radius 3 is 1.14 bits per heavy atom. The molecular formula is C13H32O6Si2. The minimum Gasteiger partial charge on any atom is -0.390 e. The maximum absolute atomic E-state index is 10.7. The van der Waals surface area contributed by atoms with E-state index < -0.39 is 34.7 Å². The lowest BCUT2D eigenvalue weighted by atomic mass is 10.2. The summed E-state index contributed by atoms with van der Waals surface area (Å²) in [6, 6.07) is 0. The first-order valence-corrected chi connectivity index (χ1v) is 11.0. The van der Waals surface area contributed by atoms with Gasteiger partial charge in [0.1, 0.15) is 0 Å². The predicted molar refractivity (Wildman–Crippen MR) is 85.4 cm³/mol. The van der Waals surface area contributed by atoms with Gasteiger partial charge in [-0.05, 0) is 62.3 Å². The number of hydrogen-bond donors (Lipinski definition) is 2. The van der Waals surface area contributed by atoms with Gasteiger partial charge in [-0.3, -0.25) is 0 Å². The summed E-state index contributed by atoms with van der Waals surface area (Å²) in [5.41, 5.74) is -1.97. The van der Waals surface area contributed by atoms with E-state index in [2.05, 4.69) is 0 Å². The van der Waals surface area contributed by atoms with Crippen molar-refractivity contribution in [2.75, 3.05) is 0 Å². The van der Waals surface area contributed by atoms with E-state index in [9.17, 15) is 9.59 Å². The first-order chi connectivity index (χ1) is 8.83. The van der Waals surface area contributed by atoms with Crippen molar-refractivity contribution in [1.29, 1.82) is 0 Å². The van der Waals surface area contributed by atoms with Gasteiger partial charge in [0.05, 0.1) is 16.8 Å². The van der Waals surface area contributed by atoms with Crippen molar-refractivity contribution in [3.8, 4) is 0 Å². The second-order valence-corrected chi connectivity index (χ2v) is 12.4. The van der Waals surface area contributed by atoms with E-state index in [1.54, 1.807) is 62.3 Å². The maximum Gasteiger partial charge on any atom is 0.670 e. The van der Waals surface area contributed by atoms with Gasteiger partial charge in [-0.2, -0.15) is 0 Å². The van der Waals surface area contributed by atoms with Gasteiger partial charge in [0.15, 0.2) is 0 Å². The van der Waals surface area contributed by atoms with Crippen LogP contribution in [0.25, 0.3) is 0 Å². The van der Waals surface area contributed by atoms with E-state index in [1.165, 1.54) is 6.55 Å². The zero-order chi connectivity index (χ0) is 17.3. The molecule has 0 radical (unpaired) electrons. The summed E-state index contributed by atoms with van der Waals surface area (Å²) in [5.74, 6) is 0. The summed E-state index contributed by atoms with van der Waals surface area (Å²) in [6.45, 7) is 17.5. The first kappa shape index (κ1) is 21.2. The van der Waals surface area contributed by atoms with Crippen LogP contribution in [0.5, 0.6) is 0 Å². The van der Waals surface area contributed by atoms with Crippen molar-refractivity contribution in [1.82, 2.24) is 0 Å². The van der Waals surface area contributed by atoms with Crippen LogP contribution in [0.15, 0.2) is 0 Å². The summed E-state index contributed by atoms with van der Waals surface area (Å²) in [4.78, 5) is 21.1. The summed E-state index contributed by atoms with van der Waals surface area (Å²) < 4.78 is 22.2. The Kier molecular flexibility index (Phi) is 6.42. The summed E-state index contributed by atoms with van der Waals surface area (Å²) in [5, 5.41) is 0. The van der Waals surface area contributed by atoms with Gasteiger partial charge < -0.3 is 27.0 Å². The fourth-order valence-electron chi connectivity index (χ4n) is 1.66. The van der Waals surface area contributed by atoms with Gasteiger partial charge in [-0.15, -0.1) is 0 Å². The Morgan fingerprint density at radius 2 is 0.905 bits per heavy atom. The molecule has 0 aromatic carbocycles. The molecule has 8 heteroatoms. The van der Waals surface area contributed by atoms with Crippen molar-refractivity contribution in [3.05, 3.63) is 0 Å². The summed E-state index contributed by atoms with van der Waals surface area (Å²) in [7, 11) is -7.68. The molecule has 0 amide bonds. The van der Waals surface area contributed by atoms with Crippen LogP contribution in [0.2, 0.25) is 6.55 Å². The van der Waals surface area contributed by atoms with Crippen LogP contribution < -0.4 is 0 Å². The van der Waals surface area contributed by atoms with E-state index in [-0.39, 0.29) is 0 Å². The molecule has 0 spiro atoms. The Balaban J connectivity index is 5.23. The van der Waals surface area contributed by atoms with Crippen LogP contribution >= 0.6 is 0 Å². The first-order valence-electron chi connectivity index (χ1n) is 7.08. The molecule has 0 rings (SSSR count). The van der Waals surface area contributed by atoms with Gasteiger partial charge in [0.2, 0.25) is 0 Å². The molecule has 0 heterocycles. The third-order valence-corrected chi connectivity index (χ3v) is 6.96. The van der Waals surface area contributed by atoms with Crippen LogP contribution in [-0.2, 0) is 17.4 Å². The molecular weight excluding hydrogens is 308 g/mol. The highest BCUT2D eigenvalue weighted by Gasteiger charge is 2.55. The van der Waals surface area contributed by atoms with Crippen LogP contribution in [0.1, 0.15) is 62.3 Å². The Labute approximate surface area is 131 Å². The third kappa shape index (κ3) is 11.4.